The van der Waals surface area contributed by atoms with Gasteiger partial charge in [-0.2, -0.15) is 23.5 Å². The minimum absolute atomic E-state index is 0.0260. The van der Waals surface area contributed by atoms with Gasteiger partial charge >= 0.3 is 6.18 Å². The Morgan fingerprint density at radius 1 is 1.13 bits per heavy atom. The maximum absolute atomic E-state index is 13.5. The SMILES string of the molecule is Cc1cc(N2C[C@H](S(=O)(=O)c3ccccc3)C[C@H]2C(=O)NC2(C#N)CC2)n(-c2ccc(C(F)(F)F)cc2)n1. The molecule has 2 heterocycles. The van der Waals surface area contributed by atoms with Crippen LogP contribution in [0.2, 0.25) is 0 Å². The number of aromatic nitrogens is 2. The first-order valence-corrected chi connectivity index (χ1v) is 13.5. The van der Waals surface area contributed by atoms with Gasteiger partial charge in [-0.1, -0.05) is 18.2 Å². The van der Waals surface area contributed by atoms with Crippen molar-refractivity contribution in [3.05, 3.63) is 71.9 Å². The van der Waals surface area contributed by atoms with Crippen molar-refractivity contribution in [2.45, 2.75) is 54.1 Å². The maximum atomic E-state index is 13.5. The Balaban J connectivity index is 1.53. The highest BCUT2D eigenvalue weighted by Crippen LogP contribution is 2.38. The Morgan fingerprint density at radius 3 is 2.37 bits per heavy atom. The zero-order chi connectivity index (χ0) is 27.3. The van der Waals surface area contributed by atoms with Crippen molar-refractivity contribution < 1.29 is 26.4 Å². The molecule has 0 spiro atoms. The molecule has 1 aliphatic carbocycles. The number of rotatable bonds is 6. The molecule has 38 heavy (non-hydrogen) atoms. The van der Waals surface area contributed by atoms with E-state index in [4.69, 9.17) is 0 Å². The quantitative estimate of drug-likeness (QED) is 0.507. The number of alkyl halides is 3. The van der Waals surface area contributed by atoms with Gasteiger partial charge < -0.3 is 10.2 Å². The number of sulfone groups is 1. The van der Waals surface area contributed by atoms with Crippen LogP contribution < -0.4 is 10.2 Å². The molecule has 198 valence electrons. The lowest BCUT2D eigenvalue weighted by molar-refractivity contribution is -0.137. The van der Waals surface area contributed by atoms with Gasteiger partial charge in [-0.3, -0.25) is 4.79 Å². The summed E-state index contributed by atoms with van der Waals surface area (Å²) >= 11 is 0. The highest BCUT2D eigenvalue weighted by atomic mass is 32.2. The minimum Gasteiger partial charge on any atom is -0.343 e. The van der Waals surface area contributed by atoms with Crippen LogP contribution in [0.1, 0.15) is 30.5 Å². The minimum atomic E-state index is -4.50. The van der Waals surface area contributed by atoms with Crippen LogP contribution in [0.5, 0.6) is 0 Å². The van der Waals surface area contributed by atoms with Crippen LogP contribution in [0.25, 0.3) is 5.69 Å². The van der Waals surface area contributed by atoms with E-state index in [1.807, 2.05) is 0 Å². The standard InChI is InChI=1S/C26H24F3N5O3S/c1-17-13-23(34(32-17)19-9-7-18(8-10-19)26(27,28)29)33-15-21(38(36,37)20-5-3-2-4-6-20)14-22(33)24(35)31-25(16-30)11-12-25/h2-10,13,21-22H,11-12,14-15H2,1H3,(H,31,35)/t21-,22+/m1/s1. The van der Waals surface area contributed by atoms with E-state index in [2.05, 4.69) is 16.5 Å². The molecule has 1 saturated carbocycles. The third-order valence-electron chi connectivity index (χ3n) is 6.95. The topological polar surface area (TPSA) is 108 Å². The molecule has 8 nitrogen and oxygen atoms in total. The van der Waals surface area contributed by atoms with Crippen molar-refractivity contribution in [2.75, 3.05) is 11.4 Å². The molecule has 0 unspecified atom stereocenters. The number of aryl methyl sites for hydroxylation is 1. The molecule has 1 aliphatic heterocycles. The fourth-order valence-corrected chi connectivity index (χ4v) is 6.42. The van der Waals surface area contributed by atoms with E-state index in [1.54, 1.807) is 36.1 Å². The smallest absolute Gasteiger partial charge is 0.343 e. The van der Waals surface area contributed by atoms with Gasteiger partial charge in [0.2, 0.25) is 5.91 Å². The number of amides is 1. The van der Waals surface area contributed by atoms with Crippen molar-refractivity contribution in [1.82, 2.24) is 15.1 Å². The molecule has 2 fully saturated rings. The van der Waals surface area contributed by atoms with Crippen LogP contribution in [0.15, 0.2) is 65.6 Å². The van der Waals surface area contributed by atoms with Gasteiger partial charge in [0, 0.05) is 12.6 Å². The zero-order valence-corrected chi connectivity index (χ0v) is 21.1. The molecule has 1 N–H and O–H groups in total. The summed E-state index contributed by atoms with van der Waals surface area (Å²) in [4.78, 5) is 15.2. The van der Waals surface area contributed by atoms with Crippen molar-refractivity contribution in [3.63, 3.8) is 0 Å². The molecule has 2 atom stereocenters. The lowest BCUT2D eigenvalue weighted by Gasteiger charge is -2.27. The van der Waals surface area contributed by atoms with Crippen LogP contribution in [0.4, 0.5) is 19.0 Å². The summed E-state index contributed by atoms with van der Waals surface area (Å²) in [6.45, 7) is 1.66. The van der Waals surface area contributed by atoms with E-state index in [9.17, 15) is 31.6 Å². The average molecular weight is 544 g/mol. The summed E-state index contributed by atoms with van der Waals surface area (Å²) < 4.78 is 67.7. The van der Waals surface area contributed by atoms with Gasteiger partial charge in [-0.25, -0.2) is 13.1 Å². The normalized spacial score (nSPS) is 20.7. The number of halogens is 3. The molecule has 0 bridgehead atoms. The van der Waals surface area contributed by atoms with Gasteiger partial charge in [0.15, 0.2) is 9.84 Å². The zero-order valence-electron chi connectivity index (χ0n) is 20.3. The number of benzene rings is 2. The lowest BCUT2D eigenvalue weighted by atomic mass is 10.1. The van der Waals surface area contributed by atoms with E-state index in [0.717, 1.165) is 12.1 Å². The van der Waals surface area contributed by atoms with Crippen molar-refractivity contribution >= 4 is 21.6 Å². The van der Waals surface area contributed by atoms with Crippen LogP contribution in [-0.4, -0.2) is 47.5 Å². The van der Waals surface area contributed by atoms with Gasteiger partial charge in [0.1, 0.15) is 17.4 Å². The molecule has 3 aromatic rings. The second-order valence-electron chi connectivity index (χ2n) is 9.67. The number of hydrogen-bond acceptors (Lipinski definition) is 6. The van der Waals surface area contributed by atoms with E-state index >= 15 is 0 Å². The predicted octanol–water partition coefficient (Wildman–Crippen LogP) is 3.79. The summed E-state index contributed by atoms with van der Waals surface area (Å²) in [6.07, 6.45) is -3.51. The van der Waals surface area contributed by atoms with Gasteiger partial charge in [-0.15, -0.1) is 0 Å². The van der Waals surface area contributed by atoms with Crippen molar-refractivity contribution in [3.8, 4) is 11.8 Å². The Morgan fingerprint density at radius 2 is 1.79 bits per heavy atom. The van der Waals surface area contributed by atoms with Crippen LogP contribution in [0, 0.1) is 18.3 Å². The first-order chi connectivity index (χ1) is 17.9. The number of nitrogens with zero attached hydrogens (tertiary/aromatic N) is 4. The molecule has 1 saturated heterocycles. The van der Waals surface area contributed by atoms with E-state index < -0.39 is 44.3 Å². The number of nitriles is 1. The van der Waals surface area contributed by atoms with E-state index in [-0.39, 0.29) is 17.9 Å². The molecular weight excluding hydrogens is 519 g/mol. The van der Waals surface area contributed by atoms with Gasteiger partial charge in [0.05, 0.1) is 33.2 Å². The third kappa shape index (κ3) is 4.74. The summed E-state index contributed by atoms with van der Waals surface area (Å²) in [5.74, 6) is -0.109. The van der Waals surface area contributed by atoms with Crippen LogP contribution in [0.3, 0.4) is 0 Å². The molecule has 1 amide bonds. The molecule has 0 radical (unpaired) electrons. The largest absolute Gasteiger partial charge is 0.416 e. The van der Waals surface area contributed by atoms with Crippen LogP contribution in [-0.2, 0) is 20.8 Å². The first-order valence-electron chi connectivity index (χ1n) is 12.0. The highest BCUT2D eigenvalue weighted by molar-refractivity contribution is 7.92. The van der Waals surface area contributed by atoms with Crippen molar-refractivity contribution in [2.24, 2.45) is 0 Å². The predicted molar refractivity (Wildman–Crippen MR) is 132 cm³/mol. The molecule has 12 heteroatoms. The Kier molecular flexibility index (Phi) is 6.22. The van der Waals surface area contributed by atoms with Crippen molar-refractivity contribution in [1.29, 1.82) is 5.26 Å². The van der Waals surface area contributed by atoms with E-state index in [0.29, 0.717) is 30.0 Å². The van der Waals surface area contributed by atoms with Gasteiger partial charge in [-0.05, 0) is 62.6 Å². The Hall–Kier alpha value is -3.85. The van der Waals surface area contributed by atoms with E-state index in [1.165, 1.54) is 28.9 Å². The number of hydrogen-bond donors (Lipinski definition) is 1. The first kappa shape index (κ1) is 25.8. The number of anilines is 1. The fourth-order valence-electron chi connectivity index (χ4n) is 4.71. The summed E-state index contributed by atoms with van der Waals surface area (Å²) in [6, 6.07) is 15.2. The number of carbonyl (C=O) groups is 1. The highest BCUT2D eigenvalue weighted by Gasteiger charge is 2.50. The maximum Gasteiger partial charge on any atom is 0.416 e. The summed E-state index contributed by atoms with van der Waals surface area (Å²) in [7, 11) is -3.81. The second kappa shape index (κ2) is 9.16. The summed E-state index contributed by atoms with van der Waals surface area (Å²) in [5, 5.41) is 15.7. The number of carbonyl (C=O) groups excluding carboxylic acids is 1. The van der Waals surface area contributed by atoms with Gasteiger partial charge in [0.25, 0.3) is 0 Å². The Bertz CT molecular complexity index is 1510. The number of nitrogens with one attached hydrogen (secondary N) is 1. The molecule has 5 rings (SSSR count). The lowest BCUT2D eigenvalue weighted by Crippen LogP contribution is -2.48. The summed E-state index contributed by atoms with van der Waals surface area (Å²) in [5.41, 5.74) is -0.914. The Labute approximate surface area is 217 Å². The third-order valence-corrected chi connectivity index (χ3v) is 9.10. The second-order valence-corrected chi connectivity index (χ2v) is 11.9. The fraction of sp³-hybridized carbons (Fsp3) is 0.346. The average Bonchev–Trinajstić information content (AvgIpc) is 3.32. The monoisotopic (exact) mass is 543 g/mol. The van der Waals surface area contributed by atoms with Crippen LogP contribution >= 0.6 is 0 Å². The molecule has 2 aromatic carbocycles. The molecule has 1 aromatic heterocycles. The molecule has 2 aliphatic rings. The molecular formula is C26H24F3N5O3S.